The van der Waals surface area contributed by atoms with E-state index in [1.165, 1.54) is 13.3 Å². The number of carbonyl (C=O) groups excluding carboxylic acids is 3. The molecule has 1 atom stereocenters. The van der Waals surface area contributed by atoms with Crippen molar-refractivity contribution in [2.24, 2.45) is 0 Å². The Morgan fingerprint density at radius 2 is 1.92 bits per heavy atom. The van der Waals surface area contributed by atoms with E-state index >= 15 is 0 Å². The minimum Gasteiger partial charge on any atom is -0.465 e. The van der Waals surface area contributed by atoms with Gasteiger partial charge in [-0.2, -0.15) is 0 Å². The zero-order valence-corrected chi connectivity index (χ0v) is 19.9. The number of esters is 1. The van der Waals surface area contributed by atoms with Gasteiger partial charge in [0.1, 0.15) is 0 Å². The molecule has 36 heavy (non-hydrogen) atoms. The molecule has 2 amide bonds. The summed E-state index contributed by atoms with van der Waals surface area (Å²) in [5, 5.41) is 9.07. The van der Waals surface area contributed by atoms with Crippen LogP contribution >= 0.6 is 0 Å². The van der Waals surface area contributed by atoms with Crippen LogP contribution in [-0.4, -0.2) is 54.0 Å². The maximum Gasteiger partial charge on any atom is 0.337 e. The molecule has 4 rings (SSSR count). The molecule has 0 bridgehead atoms. The first-order chi connectivity index (χ1) is 17.4. The molecule has 0 radical (unpaired) electrons. The number of nitrogens with zero attached hydrogens (tertiary/aromatic N) is 2. The Morgan fingerprint density at radius 3 is 2.64 bits per heavy atom. The van der Waals surface area contributed by atoms with Crippen molar-refractivity contribution in [3.05, 3.63) is 77.1 Å². The number of benzene rings is 2. The smallest absolute Gasteiger partial charge is 0.337 e. The zero-order chi connectivity index (χ0) is 25.5. The summed E-state index contributed by atoms with van der Waals surface area (Å²) in [6, 6.07) is 13.7. The molecule has 10 nitrogen and oxygen atoms in total. The minimum absolute atomic E-state index is 0.0137. The largest absolute Gasteiger partial charge is 0.465 e. The standard InChI is InChI=1S/C26H28N6O4/c1-36-26(35)17-9-7-16(8-10-17)13-30-24(33)19-5-2-4-18(12-19)21-15-29-23(27)22(32-21)25(34)31-20-6-3-11-28-14-20/h2,4-5,7-10,12,15,20,28H,3,6,11,13-14H2,1H3,(H2,27,29)(H,30,33)(H,31,34)/t20-/m0/s1. The molecule has 0 spiro atoms. The summed E-state index contributed by atoms with van der Waals surface area (Å²) in [6.45, 7) is 1.92. The second kappa shape index (κ2) is 11.4. The number of ether oxygens (including phenoxy) is 1. The molecular weight excluding hydrogens is 460 g/mol. The molecule has 0 aliphatic carbocycles. The van der Waals surface area contributed by atoms with Crippen LogP contribution in [0.15, 0.2) is 54.7 Å². The maximum atomic E-state index is 12.8. The van der Waals surface area contributed by atoms with E-state index in [1.807, 2.05) is 0 Å². The van der Waals surface area contributed by atoms with Gasteiger partial charge >= 0.3 is 5.97 Å². The molecule has 1 aliphatic heterocycles. The van der Waals surface area contributed by atoms with E-state index < -0.39 is 5.97 Å². The zero-order valence-electron chi connectivity index (χ0n) is 19.9. The van der Waals surface area contributed by atoms with Gasteiger partial charge in [0.15, 0.2) is 11.5 Å². The second-order valence-electron chi connectivity index (χ2n) is 8.46. The van der Waals surface area contributed by atoms with E-state index in [-0.39, 0.29) is 35.9 Å². The molecule has 1 aliphatic rings. The predicted molar refractivity (Wildman–Crippen MR) is 134 cm³/mol. The average Bonchev–Trinajstić information content (AvgIpc) is 2.92. The van der Waals surface area contributed by atoms with Crippen LogP contribution in [0.25, 0.3) is 11.3 Å². The highest BCUT2D eigenvalue weighted by atomic mass is 16.5. The highest BCUT2D eigenvalue weighted by molar-refractivity contribution is 5.97. The highest BCUT2D eigenvalue weighted by Gasteiger charge is 2.20. The summed E-state index contributed by atoms with van der Waals surface area (Å²) >= 11 is 0. The molecule has 0 saturated carbocycles. The summed E-state index contributed by atoms with van der Waals surface area (Å²) < 4.78 is 4.69. The Bertz CT molecular complexity index is 1260. The number of hydrogen-bond donors (Lipinski definition) is 4. The number of hydrogen-bond acceptors (Lipinski definition) is 8. The quantitative estimate of drug-likeness (QED) is 0.369. The van der Waals surface area contributed by atoms with Crippen LogP contribution in [0.1, 0.15) is 49.6 Å². The van der Waals surface area contributed by atoms with Crippen molar-refractivity contribution >= 4 is 23.6 Å². The maximum absolute atomic E-state index is 12.8. The Hall–Kier alpha value is -4.31. The Labute approximate surface area is 208 Å². The first-order valence-electron chi connectivity index (χ1n) is 11.6. The van der Waals surface area contributed by atoms with Gasteiger partial charge < -0.3 is 26.4 Å². The Balaban J connectivity index is 1.44. The minimum atomic E-state index is -0.417. The number of anilines is 1. The molecule has 186 valence electrons. The van der Waals surface area contributed by atoms with Crippen LogP contribution < -0.4 is 21.7 Å². The first kappa shape index (κ1) is 24.8. The van der Waals surface area contributed by atoms with Gasteiger partial charge in [0, 0.05) is 30.3 Å². The second-order valence-corrected chi connectivity index (χ2v) is 8.46. The molecule has 2 aromatic carbocycles. The molecule has 3 aromatic rings. The molecule has 1 saturated heterocycles. The van der Waals surface area contributed by atoms with Crippen molar-refractivity contribution < 1.29 is 19.1 Å². The summed E-state index contributed by atoms with van der Waals surface area (Å²) in [4.78, 5) is 45.7. The molecule has 0 unspecified atom stereocenters. The van der Waals surface area contributed by atoms with Gasteiger partial charge in [-0.1, -0.05) is 24.3 Å². The fourth-order valence-corrected chi connectivity index (χ4v) is 3.91. The predicted octanol–water partition coefficient (Wildman–Crippen LogP) is 1.92. The van der Waals surface area contributed by atoms with Crippen molar-refractivity contribution in [1.29, 1.82) is 0 Å². The monoisotopic (exact) mass is 488 g/mol. The van der Waals surface area contributed by atoms with Crippen LogP contribution in [0.4, 0.5) is 5.82 Å². The van der Waals surface area contributed by atoms with Gasteiger partial charge in [-0.15, -0.1) is 0 Å². The van der Waals surface area contributed by atoms with Gasteiger partial charge in [-0.25, -0.2) is 14.8 Å². The number of carbonyl (C=O) groups is 3. The van der Waals surface area contributed by atoms with E-state index in [4.69, 9.17) is 10.5 Å². The van der Waals surface area contributed by atoms with Crippen LogP contribution in [-0.2, 0) is 11.3 Å². The van der Waals surface area contributed by atoms with Gasteiger partial charge in [0.25, 0.3) is 11.8 Å². The van der Waals surface area contributed by atoms with Crippen LogP contribution in [0.5, 0.6) is 0 Å². The van der Waals surface area contributed by atoms with Gasteiger partial charge in [0.05, 0.1) is 24.6 Å². The van der Waals surface area contributed by atoms with E-state index in [9.17, 15) is 14.4 Å². The Morgan fingerprint density at radius 1 is 1.11 bits per heavy atom. The number of methoxy groups -OCH3 is 1. The topological polar surface area (TPSA) is 148 Å². The lowest BCUT2D eigenvalue weighted by Gasteiger charge is -2.23. The fourth-order valence-electron chi connectivity index (χ4n) is 3.91. The molecule has 1 fully saturated rings. The van der Waals surface area contributed by atoms with E-state index in [2.05, 4.69) is 25.9 Å². The number of nitrogen functional groups attached to an aromatic ring is 1. The number of nitrogens with one attached hydrogen (secondary N) is 3. The number of piperidine rings is 1. The molecule has 10 heteroatoms. The summed E-state index contributed by atoms with van der Waals surface area (Å²) in [7, 11) is 1.32. The first-order valence-corrected chi connectivity index (χ1v) is 11.6. The van der Waals surface area contributed by atoms with Crippen molar-refractivity contribution in [2.75, 3.05) is 25.9 Å². The molecule has 2 heterocycles. The van der Waals surface area contributed by atoms with Gasteiger partial charge in [-0.05, 0) is 49.2 Å². The summed E-state index contributed by atoms with van der Waals surface area (Å²) in [6.07, 6.45) is 3.35. The SMILES string of the molecule is COC(=O)c1ccc(CNC(=O)c2cccc(-c3cnc(N)c(C(=O)N[C@H]4CCCNC4)n3)c2)cc1. The molecule has 5 N–H and O–H groups in total. The molecular formula is C26H28N6O4. The van der Waals surface area contributed by atoms with Crippen LogP contribution in [0, 0.1) is 0 Å². The van der Waals surface area contributed by atoms with E-state index in [0.29, 0.717) is 28.9 Å². The van der Waals surface area contributed by atoms with Crippen molar-refractivity contribution in [2.45, 2.75) is 25.4 Å². The lowest BCUT2D eigenvalue weighted by Crippen LogP contribution is -2.46. The van der Waals surface area contributed by atoms with Gasteiger partial charge in [-0.3, -0.25) is 9.59 Å². The van der Waals surface area contributed by atoms with Crippen molar-refractivity contribution in [3.8, 4) is 11.3 Å². The van der Waals surface area contributed by atoms with Crippen LogP contribution in [0.2, 0.25) is 0 Å². The van der Waals surface area contributed by atoms with Gasteiger partial charge in [0.2, 0.25) is 0 Å². The Kier molecular flexibility index (Phi) is 7.86. The number of amides is 2. The third kappa shape index (κ3) is 6.02. The fraction of sp³-hybridized carbons (Fsp3) is 0.269. The summed E-state index contributed by atoms with van der Waals surface area (Å²) in [5.41, 5.74) is 8.76. The third-order valence-corrected chi connectivity index (χ3v) is 5.90. The third-order valence-electron chi connectivity index (χ3n) is 5.90. The van der Waals surface area contributed by atoms with Crippen molar-refractivity contribution in [3.63, 3.8) is 0 Å². The highest BCUT2D eigenvalue weighted by Crippen LogP contribution is 2.20. The van der Waals surface area contributed by atoms with E-state index in [0.717, 1.165) is 24.9 Å². The molecule has 1 aromatic heterocycles. The number of aromatic nitrogens is 2. The van der Waals surface area contributed by atoms with Crippen molar-refractivity contribution in [1.82, 2.24) is 25.9 Å². The van der Waals surface area contributed by atoms with Crippen LogP contribution in [0.3, 0.4) is 0 Å². The lowest BCUT2D eigenvalue weighted by molar-refractivity contribution is 0.0600. The normalized spacial score (nSPS) is 15.1. The number of rotatable bonds is 7. The average molecular weight is 489 g/mol. The summed E-state index contributed by atoms with van der Waals surface area (Å²) in [5.74, 6) is -1.02. The van der Waals surface area contributed by atoms with E-state index in [1.54, 1.807) is 48.5 Å². The number of nitrogens with two attached hydrogens (primary N) is 1. The lowest BCUT2D eigenvalue weighted by atomic mass is 10.1.